The Balaban J connectivity index is 1.59. The number of rotatable bonds is 10. The fourth-order valence-electron chi connectivity index (χ4n) is 2.87. The molecule has 2 aromatic carbocycles. The molecule has 0 radical (unpaired) electrons. The van der Waals surface area contributed by atoms with Gasteiger partial charge in [-0.1, -0.05) is 24.3 Å². The standard InChI is InChI=1S/C21H29N3O3/c22-17(5-6-18(23)13-15-1-7-19(25)8-2-15)11-12-24-21(27)14-16-3-9-20(26)10-4-16/h1-4,7-10,17-18,25-26H,5-6,11-14,22-23H2,(H,24,27). The number of benzene rings is 2. The van der Waals surface area contributed by atoms with Gasteiger partial charge in [0, 0.05) is 18.6 Å². The van der Waals surface area contributed by atoms with Gasteiger partial charge in [0.05, 0.1) is 6.42 Å². The number of hydrogen-bond acceptors (Lipinski definition) is 5. The second-order valence-electron chi connectivity index (χ2n) is 6.95. The number of phenols is 2. The molecule has 0 fully saturated rings. The van der Waals surface area contributed by atoms with Gasteiger partial charge >= 0.3 is 0 Å². The third-order valence-corrected chi connectivity index (χ3v) is 4.48. The summed E-state index contributed by atoms with van der Waals surface area (Å²) in [6.07, 6.45) is 3.34. The lowest BCUT2D eigenvalue weighted by atomic mass is 9.99. The molecule has 27 heavy (non-hydrogen) atoms. The van der Waals surface area contributed by atoms with Gasteiger partial charge in [-0.05, 0) is 61.1 Å². The van der Waals surface area contributed by atoms with Crippen LogP contribution in [0.25, 0.3) is 0 Å². The first-order valence-corrected chi connectivity index (χ1v) is 9.26. The molecule has 2 aromatic rings. The molecular weight excluding hydrogens is 342 g/mol. The van der Waals surface area contributed by atoms with Crippen LogP contribution in [0.15, 0.2) is 48.5 Å². The number of nitrogens with one attached hydrogen (secondary N) is 1. The zero-order valence-corrected chi connectivity index (χ0v) is 15.5. The van der Waals surface area contributed by atoms with E-state index < -0.39 is 0 Å². The van der Waals surface area contributed by atoms with Gasteiger partial charge in [-0.15, -0.1) is 0 Å². The van der Waals surface area contributed by atoms with E-state index in [1.165, 1.54) is 0 Å². The molecule has 2 rings (SSSR count). The molecule has 146 valence electrons. The van der Waals surface area contributed by atoms with Crippen LogP contribution in [0.2, 0.25) is 0 Å². The summed E-state index contributed by atoms with van der Waals surface area (Å²) in [5, 5.41) is 21.4. The molecule has 0 bridgehead atoms. The van der Waals surface area contributed by atoms with E-state index in [4.69, 9.17) is 11.5 Å². The van der Waals surface area contributed by atoms with Gasteiger partial charge in [-0.3, -0.25) is 4.79 Å². The van der Waals surface area contributed by atoms with Crippen LogP contribution in [0.3, 0.4) is 0 Å². The molecule has 2 unspecified atom stereocenters. The van der Waals surface area contributed by atoms with Crippen LogP contribution >= 0.6 is 0 Å². The predicted molar refractivity (Wildman–Crippen MR) is 106 cm³/mol. The fourth-order valence-corrected chi connectivity index (χ4v) is 2.87. The molecule has 0 aliphatic carbocycles. The summed E-state index contributed by atoms with van der Waals surface area (Å²) in [5.41, 5.74) is 14.2. The van der Waals surface area contributed by atoms with Crippen LogP contribution < -0.4 is 16.8 Å². The topological polar surface area (TPSA) is 122 Å². The smallest absolute Gasteiger partial charge is 0.224 e. The quantitative estimate of drug-likeness (QED) is 0.436. The molecule has 6 nitrogen and oxygen atoms in total. The summed E-state index contributed by atoms with van der Waals surface area (Å²) >= 11 is 0. The number of amides is 1. The lowest BCUT2D eigenvalue weighted by molar-refractivity contribution is -0.120. The van der Waals surface area contributed by atoms with E-state index in [-0.39, 0.29) is 35.9 Å². The summed E-state index contributed by atoms with van der Waals surface area (Å²) in [6.45, 7) is 0.533. The Morgan fingerprint density at radius 3 is 1.93 bits per heavy atom. The number of aromatic hydroxyl groups is 2. The summed E-state index contributed by atoms with van der Waals surface area (Å²) in [5.74, 6) is 0.382. The van der Waals surface area contributed by atoms with E-state index in [9.17, 15) is 15.0 Å². The zero-order valence-electron chi connectivity index (χ0n) is 15.5. The van der Waals surface area contributed by atoms with Crippen molar-refractivity contribution in [1.82, 2.24) is 5.32 Å². The van der Waals surface area contributed by atoms with Crippen LogP contribution in [-0.4, -0.2) is 34.7 Å². The van der Waals surface area contributed by atoms with E-state index in [2.05, 4.69) is 5.32 Å². The monoisotopic (exact) mass is 371 g/mol. The zero-order chi connectivity index (χ0) is 19.6. The fraction of sp³-hybridized carbons (Fsp3) is 0.381. The average molecular weight is 371 g/mol. The first-order valence-electron chi connectivity index (χ1n) is 9.26. The molecule has 0 saturated heterocycles. The van der Waals surface area contributed by atoms with Gasteiger partial charge in [-0.25, -0.2) is 0 Å². The minimum Gasteiger partial charge on any atom is -0.508 e. The predicted octanol–water partition coefficient (Wildman–Crippen LogP) is 1.82. The van der Waals surface area contributed by atoms with E-state index in [1.807, 2.05) is 12.1 Å². The first kappa shape index (κ1) is 20.7. The maximum atomic E-state index is 11.9. The van der Waals surface area contributed by atoms with Crippen molar-refractivity contribution in [1.29, 1.82) is 0 Å². The molecular formula is C21H29N3O3. The number of nitrogens with two attached hydrogens (primary N) is 2. The van der Waals surface area contributed by atoms with Crippen LogP contribution in [0.1, 0.15) is 30.4 Å². The van der Waals surface area contributed by atoms with E-state index in [0.717, 1.165) is 30.4 Å². The molecule has 0 aliphatic heterocycles. The third-order valence-electron chi connectivity index (χ3n) is 4.48. The Hall–Kier alpha value is -2.57. The number of carbonyl (C=O) groups excluding carboxylic acids is 1. The summed E-state index contributed by atoms with van der Waals surface area (Å²) in [7, 11) is 0. The van der Waals surface area contributed by atoms with Crippen LogP contribution in [0.5, 0.6) is 11.5 Å². The van der Waals surface area contributed by atoms with E-state index in [0.29, 0.717) is 13.0 Å². The number of carbonyl (C=O) groups is 1. The summed E-state index contributed by atoms with van der Waals surface area (Å²) < 4.78 is 0. The van der Waals surface area contributed by atoms with Crippen molar-refractivity contribution in [3.8, 4) is 11.5 Å². The first-order chi connectivity index (χ1) is 12.9. The van der Waals surface area contributed by atoms with Gasteiger partial charge in [0.25, 0.3) is 0 Å². The van der Waals surface area contributed by atoms with Crippen LogP contribution in [0, 0.1) is 0 Å². The van der Waals surface area contributed by atoms with Crippen LogP contribution in [0.4, 0.5) is 0 Å². The number of phenolic OH excluding ortho intramolecular Hbond substituents is 2. The summed E-state index contributed by atoms with van der Waals surface area (Å²) in [4.78, 5) is 11.9. The van der Waals surface area contributed by atoms with Gasteiger partial charge in [-0.2, -0.15) is 0 Å². The van der Waals surface area contributed by atoms with E-state index in [1.54, 1.807) is 36.4 Å². The van der Waals surface area contributed by atoms with Crippen LogP contribution in [-0.2, 0) is 17.6 Å². The maximum Gasteiger partial charge on any atom is 0.224 e. The molecule has 0 spiro atoms. The average Bonchev–Trinajstić information content (AvgIpc) is 2.64. The van der Waals surface area contributed by atoms with Crippen molar-refractivity contribution < 1.29 is 15.0 Å². The van der Waals surface area contributed by atoms with Gasteiger partial charge < -0.3 is 27.0 Å². The molecule has 0 aliphatic rings. The Kier molecular flexibility index (Phi) is 8.10. The summed E-state index contributed by atoms with van der Waals surface area (Å²) in [6, 6.07) is 13.7. The maximum absolute atomic E-state index is 11.9. The van der Waals surface area contributed by atoms with Crippen molar-refractivity contribution in [2.24, 2.45) is 11.5 Å². The lowest BCUT2D eigenvalue weighted by Crippen LogP contribution is -2.33. The number of hydrogen-bond donors (Lipinski definition) is 5. The van der Waals surface area contributed by atoms with Crippen molar-refractivity contribution in [2.75, 3.05) is 6.54 Å². The highest BCUT2D eigenvalue weighted by Gasteiger charge is 2.10. The highest BCUT2D eigenvalue weighted by atomic mass is 16.3. The van der Waals surface area contributed by atoms with Gasteiger partial charge in [0.15, 0.2) is 0 Å². The normalized spacial score (nSPS) is 13.1. The second kappa shape index (κ2) is 10.5. The molecule has 7 N–H and O–H groups in total. The molecule has 0 saturated carbocycles. The van der Waals surface area contributed by atoms with Crippen molar-refractivity contribution in [2.45, 2.75) is 44.2 Å². The SMILES string of the molecule is NC(CCNC(=O)Cc1ccc(O)cc1)CCC(N)Cc1ccc(O)cc1. The molecule has 6 heteroatoms. The van der Waals surface area contributed by atoms with Crippen molar-refractivity contribution in [3.63, 3.8) is 0 Å². The molecule has 0 heterocycles. The van der Waals surface area contributed by atoms with E-state index >= 15 is 0 Å². The Morgan fingerprint density at radius 2 is 1.33 bits per heavy atom. The molecule has 1 amide bonds. The lowest BCUT2D eigenvalue weighted by Gasteiger charge is -2.16. The Morgan fingerprint density at radius 1 is 0.815 bits per heavy atom. The second-order valence-corrected chi connectivity index (χ2v) is 6.95. The largest absolute Gasteiger partial charge is 0.508 e. The minimum atomic E-state index is -0.0584. The van der Waals surface area contributed by atoms with Crippen molar-refractivity contribution >= 4 is 5.91 Å². The van der Waals surface area contributed by atoms with Crippen molar-refractivity contribution in [3.05, 3.63) is 59.7 Å². The third kappa shape index (κ3) is 8.11. The minimum absolute atomic E-state index is 0.00941. The Bertz CT molecular complexity index is 702. The van der Waals surface area contributed by atoms with Gasteiger partial charge in [0.1, 0.15) is 11.5 Å². The highest BCUT2D eigenvalue weighted by Crippen LogP contribution is 2.13. The molecule has 0 aromatic heterocycles. The highest BCUT2D eigenvalue weighted by molar-refractivity contribution is 5.78. The Labute approximate surface area is 160 Å². The van der Waals surface area contributed by atoms with Gasteiger partial charge in [0.2, 0.25) is 5.91 Å². The molecule has 2 atom stereocenters.